The Hall–Kier alpha value is -2.89. The first-order valence-electron chi connectivity index (χ1n) is 7.97. The number of nitrogens with one attached hydrogen (secondary N) is 3. The molecule has 6 heteroatoms. The summed E-state index contributed by atoms with van der Waals surface area (Å²) < 4.78 is 0. The summed E-state index contributed by atoms with van der Waals surface area (Å²) in [5, 5.41) is 8.73. The lowest BCUT2D eigenvalue weighted by Gasteiger charge is -2.09. The van der Waals surface area contributed by atoms with Crippen molar-refractivity contribution in [2.45, 2.75) is 26.7 Å². The molecule has 0 aliphatic carbocycles. The zero-order valence-electron chi connectivity index (χ0n) is 13.9. The summed E-state index contributed by atoms with van der Waals surface area (Å²) in [6, 6.07) is 10.7. The summed E-state index contributed by atoms with van der Waals surface area (Å²) in [5.74, 6) is 0.375. The van der Waals surface area contributed by atoms with E-state index < -0.39 is 0 Å². The molecule has 2 rings (SSSR count). The number of hydrogen-bond acceptors (Lipinski definition) is 4. The van der Waals surface area contributed by atoms with Crippen molar-refractivity contribution in [3.8, 4) is 0 Å². The summed E-state index contributed by atoms with van der Waals surface area (Å²) in [6.45, 7) is 4.22. The minimum absolute atomic E-state index is 0.102. The summed E-state index contributed by atoms with van der Waals surface area (Å²) in [5.41, 5.74) is 2.11. The number of carbonyl (C=O) groups excluding carboxylic acids is 2. The molecule has 1 aromatic carbocycles. The van der Waals surface area contributed by atoms with Gasteiger partial charge >= 0.3 is 0 Å². The van der Waals surface area contributed by atoms with Gasteiger partial charge in [-0.2, -0.15) is 0 Å². The van der Waals surface area contributed by atoms with Crippen LogP contribution >= 0.6 is 0 Å². The van der Waals surface area contributed by atoms with E-state index in [0.29, 0.717) is 17.9 Å². The Morgan fingerprint density at radius 3 is 2.46 bits per heavy atom. The lowest BCUT2D eigenvalue weighted by atomic mass is 10.2. The maximum Gasteiger partial charge on any atom is 0.251 e. The van der Waals surface area contributed by atoms with Gasteiger partial charge in [0.15, 0.2) is 0 Å². The average molecular weight is 326 g/mol. The molecule has 0 saturated heterocycles. The van der Waals surface area contributed by atoms with Crippen molar-refractivity contribution in [3.05, 3.63) is 48.2 Å². The van der Waals surface area contributed by atoms with Gasteiger partial charge in [-0.05, 0) is 42.8 Å². The molecule has 24 heavy (non-hydrogen) atoms. The second-order valence-corrected chi connectivity index (χ2v) is 5.42. The number of nitrogens with zero attached hydrogens (tertiary/aromatic N) is 1. The third-order valence-corrected chi connectivity index (χ3v) is 3.32. The van der Waals surface area contributed by atoms with Gasteiger partial charge in [0, 0.05) is 36.6 Å². The maximum atomic E-state index is 12.1. The normalized spacial score (nSPS) is 10.1. The molecule has 1 heterocycles. The number of pyridine rings is 1. The van der Waals surface area contributed by atoms with Crippen molar-refractivity contribution in [3.63, 3.8) is 0 Å². The minimum Gasteiger partial charge on any atom is -0.352 e. The smallest absolute Gasteiger partial charge is 0.251 e. The monoisotopic (exact) mass is 326 g/mol. The molecule has 6 nitrogen and oxygen atoms in total. The number of aromatic nitrogens is 1. The molecule has 0 bridgehead atoms. The second-order valence-electron chi connectivity index (χ2n) is 5.42. The van der Waals surface area contributed by atoms with E-state index in [0.717, 1.165) is 24.2 Å². The van der Waals surface area contributed by atoms with Gasteiger partial charge in [-0.3, -0.25) is 9.59 Å². The third kappa shape index (κ3) is 5.39. The van der Waals surface area contributed by atoms with E-state index in [1.807, 2.05) is 12.1 Å². The molecule has 0 aliphatic heterocycles. The SMILES string of the molecule is CCCCNC(=O)c1ccnc(Nc2ccc(NC(C)=O)cc2)c1. The predicted octanol–water partition coefficient (Wildman–Crippen LogP) is 3.31. The number of benzene rings is 1. The van der Waals surface area contributed by atoms with Gasteiger partial charge < -0.3 is 16.0 Å². The summed E-state index contributed by atoms with van der Waals surface area (Å²) in [4.78, 5) is 27.3. The first-order valence-corrected chi connectivity index (χ1v) is 7.97. The molecule has 0 radical (unpaired) electrons. The zero-order chi connectivity index (χ0) is 17.4. The van der Waals surface area contributed by atoms with Crippen LogP contribution in [0.3, 0.4) is 0 Å². The highest BCUT2D eigenvalue weighted by Crippen LogP contribution is 2.18. The molecule has 0 spiro atoms. The summed E-state index contributed by atoms with van der Waals surface area (Å²) in [6.07, 6.45) is 3.60. The fourth-order valence-electron chi connectivity index (χ4n) is 2.11. The second kappa shape index (κ2) is 8.67. The van der Waals surface area contributed by atoms with Gasteiger partial charge in [0.1, 0.15) is 5.82 Å². The van der Waals surface area contributed by atoms with Crippen LogP contribution in [0, 0.1) is 0 Å². The Kier molecular flexibility index (Phi) is 6.31. The van der Waals surface area contributed by atoms with Crippen LogP contribution in [0.25, 0.3) is 0 Å². The van der Waals surface area contributed by atoms with Crippen molar-refractivity contribution in [2.75, 3.05) is 17.2 Å². The van der Waals surface area contributed by atoms with Crippen LogP contribution in [-0.2, 0) is 4.79 Å². The van der Waals surface area contributed by atoms with Crippen molar-refractivity contribution < 1.29 is 9.59 Å². The molecular weight excluding hydrogens is 304 g/mol. The number of carbonyl (C=O) groups is 2. The fraction of sp³-hybridized carbons (Fsp3) is 0.278. The topological polar surface area (TPSA) is 83.1 Å². The molecule has 0 saturated carbocycles. The largest absolute Gasteiger partial charge is 0.352 e. The molecule has 126 valence electrons. The number of hydrogen-bond donors (Lipinski definition) is 3. The highest BCUT2D eigenvalue weighted by molar-refractivity contribution is 5.95. The number of rotatable bonds is 7. The molecular formula is C18H22N4O2. The Morgan fingerprint density at radius 2 is 1.79 bits per heavy atom. The molecule has 0 unspecified atom stereocenters. The van der Waals surface area contributed by atoms with E-state index in [2.05, 4.69) is 27.9 Å². The van der Waals surface area contributed by atoms with E-state index in [4.69, 9.17) is 0 Å². The average Bonchev–Trinajstić information content (AvgIpc) is 2.56. The summed E-state index contributed by atoms with van der Waals surface area (Å²) >= 11 is 0. The number of unbranched alkanes of at least 4 members (excludes halogenated alkanes) is 1. The zero-order valence-corrected chi connectivity index (χ0v) is 13.9. The quantitative estimate of drug-likeness (QED) is 0.682. The summed E-state index contributed by atoms with van der Waals surface area (Å²) in [7, 11) is 0. The van der Waals surface area contributed by atoms with Crippen LogP contribution in [0.4, 0.5) is 17.2 Å². The van der Waals surface area contributed by atoms with E-state index >= 15 is 0 Å². The van der Waals surface area contributed by atoms with Crippen LogP contribution in [0.1, 0.15) is 37.0 Å². The Labute approximate surface area is 141 Å². The van der Waals surface area contributed by atoms with Crippen LogP contribution in [-0.4, -0.2) is 23.3 Å². The van der Waals surface area contributed by atoms with Gasteiger partial charge in [0.2, 0.25) is 5.91 Å². The van der Waals surface area contributed by atoms with Crippen molar-refractivity contribution in [1.82, 2.24) is 10.3 Å². The first kappa shape index (κ1) is 17.5. The van der Waals surface area contributed by atoms with Gasteiger partial charge in [-0.25, -0.2) is 4.98 Å². The highest BCUT2D eigenvalue weighted by atomic mass is 16.2. The van der Waals surface area contributed by atoms with E-state index in [1.165, 1.54) is 6.92 Å². The molecule has 2 amide bonds. The third-order valence-electron chi connectivity index (χ3n) is 3.32. The van der Waals surface area contributed by atoms with Crippen LogP contribution < -0.4 is 16.0 Å². The molecule has 0 atom stereocenters. The van der Waals surface area contributed by atoms with Gasteiger partial charge in [-0.15, -0.1) is 0 Å². The maximum absolute atomic E-state index is 12.1. The van der Waals surface area contributed by atoms with Crippen molar-refractivity contribution in [1.29, 1.82) is 0 Å². The predicted molar refractivity (Wildman–Crippen MR) is 95.5 cm³/mol. The van der Waals surface area contributed by atoms with Crippen LogP contribution in [0.15, 0.2) is 42.6 Å². The number of anilines is 3. The Balaban J connectivity index is 2.01. The molecule has 0 aliphatic rings. The minimum atomic E-state index is -0.112. The highest BCUT2D eigenvalue weighted by Gasteiger charge is 2.06. The van der Waals surface area contributed by atoms with Crippen molar-refractivity contribution in [2.24, 2.45) is 0 Å². The first-order chi connectivity index (χ1) is 11.6. The fourth-order valence-corrected chi connectivity index (χ4v) is 2.11. The Morgan fingerprint density at radius 1 is 1.08 bits per heavy atom. The molecule has 0 fully saturated rings. The van der Waals surface area contributed by atoms with E-state index in [1.54, 1.807) is 30.5 Å². The van der Waals surface area contributed by atoms with Gasteiger partial charge in [-0.1, -0.05) is 13.3 Å². The molecule has 1 aromatic heterocycles. The van der Waals surface area contributed by atoms with Gasteiger partial charge in [0.25, 0.3) is 5.91 Å². The van der Waals surface area contributed by atoms with Crippen molar-refractivity contribution >= 4 is 29.0 Å². The standard InChI is InChI=1S/C18H22N4O2/c1-3-4-10-20-18(24)14-9-11-19-17(12-14)22-16-7-5-15(6-8-16)21-13(2)23/h5-9,11-12H,3-4,10H2,1-2H3,(H,19,22)(H,20,24)(H,21,23). The van der Waals surface area contributed by atoms with Crippen LogP contribution in [0.2, 0.25) is 0 Å². The van der Waals surface area contributed by atoms with Crippen LogP contribution in [0.5, 0.6) is 0 Å². The lowest BCUT2D eigenvalue weighted by Crippen LogP contribution is -2.24. The Bertz CT molecular complexity index is 698. The van der Waals surface area contributed by atoms with E-state index in [-0.39, 0.29) is 11.8 Å². The lowest BCUT2D eigenvalue weighted by molar-refractivity contribution is -0.114. The van der Waals surface area contributed by atoms with Gasteiger partial charge in [0.05, 0.1) is 0 Å². The molecule has 3 N–H and O–H groups in total. The molecule has 2 aromatic rings. The van der Waals surface area contributed by atoms with E-state index in [9.17, 15) is 9.59 Å². The number of amides is 2.